The van der Waals surface area contributed by atoms with E-state index < -0.39 is 0 Å². The van der Waals surface area contributed by atoms with Gasteiger partial charge in [-0.1, -0.05) is 12.1 Å². The number of aromatic nitrogens is 2. The van der Waals surface area contributed by atoms with E-state index in [4.69, 9.17) is 5.26 Å². The molecule has 0 bridgehead atoms. The van der Waals surface area contributed by atoms with Crippen molar-refractivity contribution >= 4 is 17.5 Å². The second-order valence-electron chi connectivity index (χ2n) is 5.52. The molecule has 1 aliphatic rings. The Bertz CT molecular complexity index is 734. The van der Waals surface area contributed by atoms with Crippen LogP contribution in [0.2, 0.25) is 0 Å². The zero-order valence-electron chi connectivity index (χ0n) is 13.2. The largest absolute Gasteiger partial charge is 0.338 e. The molecule has 1 amide bonds. The number of nitriles is 1. The van der Waals surface area contributed by atoms with Gasteiger partial charge < -0.3 is 10.2 Å². The quantitative estimate of drug-likeness (QED) is 0.907. The maximum atomic E-state index is 12.2. The molecule has 2 aromatic rings. The van der Waals surface area contributed by atoms with E-state index in [1.165, 1.54) is 0 Å². The van der Waals surface area contributed by atoms with Crippen molar-refractivity contribution in [2.24, 2.45) is 0 Å². The molecule has 2 heterocycles. The molecule has 0 saturated carbocycles. The number of carbonyl (C=O) groups is 1. The summed E-state index contributed by atoms with van der Waals surface area (Å²) in [6.07, 6.45) is 3.46. The molecule has 0 aliphatic carbocycles. The van der Waals surface area contributed by atoms with E-state index in [0.717, 1.165) is 32.1 Å². The fourth-order valence-electron chi connectivity index (χ4n) is 2.64. The zero-order valence-corrected chi connectivity index (χ0v) is 13.2. The second kappa shape index (κ2) is 7.53. The van der Waals surface area contributed by atoms with Crippen molar-refractivity contribution in [3.8, 4) is 6.07 Å². The first-order valence-corrected chi connectivity index (χ1v) is 7.79. The number of benzene rings is 1. The van der Waals surface area contributed by atoms with Gasteiger partial charge in [0.15, 0.2) is 0 Å². The van der Waals surface area contributed by atoms with Crippen molar-refractivity contribution in [3.05, 3.63) is 48.3 Å². The lowest BCUT2D eigenvalue weighted by Gasteiger charge is -2.34. The van der Waals surface area contributed by atoms with Crippen LogP contribution in [0.4, 0.5) is 11.6 Å². The third-order valence-corrected chi connectivity index (χ3v) is 3.90. The number of amides is 1. The fourth-order valence-corrected chi connectivity index (χ4v) is 2.64. The molecule has 0 radical (unpaired) electrons. The lowest BCUT2D eigenvalue weighted by atomic mass is 10.2. The van der Waals surface area contributed by atoms with Crippen molar-refractivity contribution in [2.75, 3.05) is 42.9 Å². The molecule has 1 aromatic carbocycles. The summed E-state index contributed by atoms with van der Waals surface area (Å²) in [6.45, 7) is 3.42. The third kappa shape index (κ3) is 3.86. The molecule has 24 heavy (non-hydrogen) atoms. The van der Waals surface area contributed by atoms with Gasteiger partial charge in [0.1, 0.15) is 6.07 Å². The number of hydrogen-bond acceptors (Lipinski definition) is 6. The van der Waals surface area contributed by atoms with E-state index in [0.29, 0.717) is 17.8 Å². The second-order valence-corrected chi connectivity index (χ2v) is 5.52. The minimum atomic E-state index is -0.109. The van der Waals surface area contributed by atoms with Crippen LogP contribution in [0.1, 0.15) is 5.56 Å². The van der Waals surface area contributed by atoms with Gasteiger partial charge >= 0.3 is 0 Å². The lowest BCUT2D eigenvalue weighted by Crippen LogP contribution is -2.49. The predicted molar refractivity (Wildman–Crippen MR) is 90.5 cm³/mol. The molecule has 1 aliphatic heterocycles. The Morgan fingerprint density at radius 3 is 2.54 bits per heavy atom. The maximum Gasteiger partial charge on any atom is 0.238 e. The number of carbonyl (C=O) groups excluding carboxylic acids is 1. The van der Waals surface area contributed by atoms with Crippen LogP contribution in [0.3, 0.4) is 0 Å². The highest BCUT2D eigenvalue weighted by Gasteiger charge is 2.20. The Balaban J connectivity index is 1.51. The van der Waals surface area contributed by atoms with Crippen LogP contribution in [0.5, 0.6) is 0 Å². The Kier molecular flexibility index (Phi) is 4.99. The van der Waals surface area contributed by atoms with Crippen LogP contribution in [0.25, 0.3) is 0 Å². The van der Waals surface area contributed by atoms with E-state index in [2.05, 4.69) is 31.2 Å². The van der Waals surface area contributed by atoms with E-state index >= 15 is 0 Å². The normalized spacial score (nSPS) is 14.9. The summed E-state index contributed by atoms with van der Waals surface area (Å²) < 4.78 is 0. The van der Waals surface area contributed by atoms with Crippen LogP contribution >= 0.6 is 0 Å². The van der Waals surface area contributed by atoms with E-state index in [1.807, 2.05) is 0 Å². The summed E-state index contributed by atoms with van der Waals surface area (Å²) in [5.74, 6) is 0.617. The first kappa shape index (κ1) is 15.9. The highest BCUT2D eigenvalue weighted by atomic mass is 16.2. The molecule has 1 aromatic heterocycles. The van der Waals surface area contributed by atoms with Gasteiger partial charge in [-0.2, -0.15) is 5.26 Å². The average Bonchev–Trinajstić information content (AvgIpc) is 2.63. The van der Waals surface area contributed by atoms with E-state index in [9.17, 15) is 4.79 Å². The van der Waals surface area contributed by atoms with Gasteiger partial charge in [0.05, 0.1) is 17.8 Å². The van der Waals surface area contributed by atoms with Gasteiger partial charge in [-0.05, 0) is 18.2 Å². The van der Waals surface area contributed by atoms with Crippen LogP contribution in [0, 0.1) is 11.3 Å². The first-order valence-electron chi connectivity index (χ1n) is 7.79. The number of hydrogen-bond donors (Lipinski definition) is 1. The molecule has 0 spiro atoms. The van der Waals surface area contributed by atoms with Crippen LogP contribution in [-0.2, 0) is 4.79 Å². The maximum absolute atomic E-state index is 12.2. The number of para-hydroxylation sites is 1. The van der Waals surface area contributed by atoms with Gasteiger partial charge in [-0.3, -0.25) is 9.69 Å². The SMILES string of the molecule is N#Cc1ccccc1NC(=O)CN1CCN(c2ncccn2)CC1. The standard InChI is InChI=1S/C17H18N6O/c18-12-14-4-1-2-5-15(14)21-16(24)13-22-8-10-23(11-9-22)17-19-6-3-7-20-17/h1-7H,8-11,13H2,(H,21,24). The van der Waals surface area contributed by atoms with Gasteiger partial charge in [0.25, 0.3) is 0 Å². The van der Waals surface area contributed by atoms with Crippen LogP contribution < -0.4 is 10.2 Å². The van der Waals surface area contributed by atoms with Crippen LogP contribution in [0.15, 0.2) is 42.7 Å². The Labute approximate surface area is 140 Å². The highest BCUT2D eigenvalue weighted by molar-refractivity contribution is 5.93. The summed E-state index contributed by atoms with van der Waals surface area (Å²) in [5, 5.41) is 11.9. The number of anilines is 2. The minimum Gasteiger partial charge on any atom is -0.338 e. The van der Waals surface area contributed by atoms with Crippen LogP contribution in [-0.4, -0.2) is 53.5 Å². The zero-order chi connectivity index (χ0) is 16.8. The Hall–Kier alpha value is -2.98. The molecule has 0 unspecified atom stereocenters. The van der Waals surface area contributed by atoms with Crippen molar-refractivity contribution < 1.29 is 4.79 Å². The van der Waals surface area contributed by atoms with Gasteiger partial charge in [0.2, 0.25) is 11.9 Å². The summed E-state index contributed by atoms with van der Waals surface area (Å²) in [4.78, 5) is 24.9. The summed E-state index contributed by atoms with van der Waals surface area (Å²) in [7, 11) is 0. The van der Waals surface area contributed by atoms with Gasteiger partial charge in [-0.25, -0.2) is 9.97 Å². The number of piperazine rings is 1. The molecule has 7 nitrogen and oxygen atoms in total. The van der Waals surface area contributed by atoms with Gasteiger partial charge in [0, 0.05) is 38.6 Å². The number of nitrogens with zero attached hydrogens (tertiary/aromatic N) is 5. The Morgan fingerprint density at radius 2 is 1.83 bits per heavy atom. The molecule has 7 heteroatoms. The topological polar surface area (TPSA) is 85.2 Å². The monoisotopic (exact) mass is 322 g/mol. The first-order chi connectivity index (χ1) is 11.8. The van der Waals surface area contributed by atoms with Gasteiger partial charge in [-0.15, -0.1) is 0 Å². The van der Waals surface area contributed by atoms with Crippen molar-refractivity contribution in [1.29, 1.82) is 5.26 Å². The molecule has 1 fully saturated rings. The fraction of sp³-hybridized carbons (Fsp3) is 0.294. The average molecular weight is 322 g/mol. The number of nitrogens with one attached hydrogen (secondary N) is 1. The highest BCUT2D eigenvalue weighted by Crippen LogP contribution is 2.14. The molecule has 3 rings (SSSR count). The molecular weight excluding hydrogens is 304 g/mol. The molecule has 1 saturated heterocycles. The molecule has 0 atom stereocenters. The van der Waals surface area contributed by atoms with E-state index in [1.54, 1.807) is 42.7 Å². The van der Waals surface area contributed by atoms with Crippen molar-refractivity contribution in [2.45, 2.75) is 0 Å². The predicted octanol–water partition coefficient (Wildman–Crippen LogP) is 1.11. The van der Waals surface area contributed by atoms with Crippen molar-refractivity contribution in [3.63, 3.8) is 0 Å². The lowest BCUT2D eigenvalue weighted by molar-refractivity contribution is -0.117. The summed E-state index contributed by atoms with van der Waals surface area (Å²) in [5.41, 5.74) is 1.03. The Morgan fingerprint density at radius 1 is 1.12 bits per heavy atom. The van der Waals surface area contributed by atoms with E-state index in [-0.39, 0.29) is 5.91 Å². The third-order valence-electron chi connectivity index (χ3n) is 3.90. The molecule has 1 N–H and O–H groups in total. The number of rotatable bonds is 4. The minimum absolute atomic E-state index is 0.109. The summed E-state index contributed by atoms with van der Waals surface area (Å²) in [6, 6.07) is 10.9. The molecule has 122 valence electrons. The molecular formula is C17H18N6O. The van der Waals surface area contributed by atoms with Crippen molar-refractivity contribution in [1.82, 2.24) is 14.9 Å². The smallest absolute Gasteiger partial charge is 0.238 e. The summed E-state index contributed by atoms with van der Waals surface area (Å²) >= 11 is 0.